The fraction of sp³-hybridized carbons (Fsp3) is 0.562. The van der Waals surface area contributed by atoms with Crippen molar-refractivity contribution in [3.63, 3.8) is 0 Å². The maximum atomic E-state index is 12.8. The van der Waals surface area contributed by atoms with E-state index in [1.165, 1.54) is 0 Å². The second kappa shape index (κ2) is 5.85. The van der Waals surface area contributed by atoms with Crippen LogP contribution < -0.4 is 0 Å². The molecule has 0 spiro atoms. The third kappa shape index (κ3) is 2.88. The Morgan fingerprint density at radius 2 is 2.11 bits per heavy atom. The zero-order valence-electron chi connectivity index (χ0n) is 12.1. The molecule has 1 aliphatic rings. The lowest BCUT2D eigenvalue weighted by atomic mass is 9.74. The molecule has 2 rings (SSSR count). The normalized spacial score (nSPS) is 23.8. The highest BCUT2D eigenvalue weighted by molar-refractivity contribution is 5.93. The number of likely N-dealkylation sites (N-methyl/N-ethyl adjacent to an activating group) is 1. The number of hydrogen-bond donors (Lipinski definition) is 0. The number of nitrogens with zero attached hydrogens (tertiary/aromatic N) is 1. The zero-order chi connectivity index (χ0) is 13.9. The van der Waals surface area contributed by atoms with Gasteiger partial charge in [0.05, 0.1) is 12.0 Å². The van der Waals surface area contributed by atoms with Crippen molar-refractivity contribution in [2.75, 3.05) is 26.7 Å². The lowest BCUT2D eigenvalue weighted by Gasteiger charge is -2.35. The second-order valence-corrected chi connectivity index (χ2v) is 5.54. The molecular formula is C16H23NO2. The molecule has 3 heteroatoms. The van der Waals surface area contributed by atoms with Crippen LogP contribution in [0.3, 0.4) is 0 Å². The number of rotatable bonds is 4. The van der Waals surface area contributed by atoms with E-state index in [9.17, 15) is 4.79 Å². The van der Waals surface area contributed by atoms with Crippen LogP contribution >= 0.6 is 0 Å². The summed E-state index contributed by atoms with van der Waals surface area (Å²) < 4.78 is 5.69. The van der Waals surface area contributed by atoms with Crippen LogP contribution in [-0.4, -0.2) is 43.5 Å². The molecule has 1 saturated heterocycles. The quantitative estimate of drug-likeness (QED) is 0.832. The molecule has 0 N–H and O–H groups in total. The number of morpholine rings is 1. The van der Waals surface area contributed by atoms with Gasteiger partial charge in [-0.15, -0.1) is 0 Å². The Morgan fingerprint density at radius 3 is 2.68 bits per heavy atom. The minimum absolute atomic E-state index is 0.202. The number of Topliss-reactive ketones (excluding diaryl/α,β-unsaturated/α-hetero) is 1. The van der Waals surface area contributed by atoms with Gasteiger partial charge in [0.1, 0.15) is 6.10 Å². The monoisotopic (exact) mass is 261 g/mol. The van der Waals surface area contributed by atoms with Crippen molar-refractivity contribution in [1.82, 2.24) is 4.90 Å². The van der Waals surface area contributed by atoms with E-state index in [0.717, 1.165) is 18.5 Å². The maximum absolute atomic E-state index is 12.8. The number of hydrogen-bond acceptors (Lipinski definition) is 3. The van der Waals surface area contributed by atoms with E-state index in [1.807, 2.05) is 44.3 Å². The molecule has 1 fully saturated rings. The summed E-state index contributed by atoms with van der Waals surface area (Å²) in [4.78, 5) is 15.0. The summed E-state index contributed by atoms with van der Waals surface area (Å²) >= 11 is 0. The van der Waals surface area contributed by atoms with Crippen LogP contribution in [0.2, 0.25) is 0 Å². The van der Waals surface area contributed by atoms with Gasteiger partial charge in [0.25, 0.3) is 0 Å². The standard InChI is InChI=1S/C16H23NO2/c1-4-16(2,13-8-6-5-7-9-13)15(18)14-12-17(3)10-11-19-14/h5-9,14H,4,10-12H2,1-3H3. The van der Waals surface area contributed by atoms with E-state index < -0.39 is 5.41 Å². The van der Waals surface area contributed by atoms with Crippen LogP contribution in [0, 0.1) is 0 Å². The van der Waals surface area contributed by atoms with Crippen molar-refractivity contribution in [3.05, 3.63) is 35.9 Å². The van der Waals surface area contributed by atoms with Crippen molar-refractivity contribution in [1.29, 1.82) is 0 Å². The first-order valence-corrected chi connectivity index (χ1v) is 6.98. The first kappa shape index (κ1) is 14.2. The lowest BCUT2D eigenvalue weighted by Crippen LogP contribution is -2.50. The second-order valence-electron chi connectivity index (χ2n) is 5.54. The fourth-order valence-electron chi connectivity index (χ4n) is 2.62. The molecule has 2 atom stereocenters. The highest BCUT2D eigenvalue weighted by atomic mass is 16.5. The Hall–Kier alpha value is -1.19. The molecule has 0 aromatic heterocycles. The smallest absolute Gasteiger partial charge is 0.173 e. The Bertz CT molecular complexity index is 432. The first-order valence-electron chi connectivity index (χ1n) is 6.98. The number of ether oxygens (including phenoxy) is 1. The highest BCUT2D eigenvalue weighted by Crippen LogP contribution is 2.31. The predicted octanol–water partition coefficient (Wildman–Crippen LogP) is 2.25. The lowest BCUT2D eigenvalue weighted by molar-refractivity contribution is -0.141. The molecule has 0 amide bonds. The fourth-order valence-corrected chi connectivity index (χ4v) is 2.62. The maximum Gasteiger partial charge on any atom is 0.173 e. The summed E-state index contributed by atoms with van der Waals surface area (Å²) in [5, 5.41) is 0. The van der Waals surface area contributed by atoms with Gasteiger partial charge in [-0.2, -0.15) is 0 Å². The SMILES string of the molecule is CCC(C)(C(=O)C1CN(C)CCO1)c1ccccc1. The minimum Gasteiger partial charge on any atom is -0.368 e. The first-order chi connectivity index (χ1) is 9.08. The summed E-state index contributed by atoms with van der Waals surface area (Å²) in [6, 6.07) is 10.0. The molecule has 0 saturated carbocycles. The van der Waals surface area contributed by atoms with Gasteiger partial charge < -0.3 is 9.64 Å². The van der Waals surface area contributed by atoms with Crippen molar-refractivity contribution in [2.24, 2.45) is 0 Å². The van der Waals surface area contributed by atoms with Gasteiger partial charge in [-0.3, -0.25) is 4.79 Å². The summed E-state index contributed by atoms with van der Waals surface area (Å²) in [5.74, 6) is 0.202. The number of carbonyl (C=O) groups is 1. The van der Waals surface area contributed by atoms with Gasteiger partial charge >= 0.3 is 0 Å². The van der Waals surface area contributed by atoms with Crippen molar-refractivity contribution in [3.8, 4) is 0 Å². The van der Waals surface area contributed by atoms with Crippen LogP contribution in [0.15, 0.2) is 30.3 Å². The third-order valence-electron chi connectivity index (χ3n) is 4.22. The van der Waals surface area contributed by atoms with Crippen molar-refractivity contribution >= 4 is 5.78 Å². The van der Waals surface area contributed by atoms with Gasteiger partial charge in [-0.25, -0.2) is 0 Å². The number of benzene rings is 1. The number of ketones is 1. The topological polar surface area (TPSA) is 29.5 Å². The van der Waals surface area contributed by atoms with E-state index >= 15 is 0 Å². The van der Waals surface area contributed by atoms with Crippen molar-refractivity contribution < 1.29 is 9.53 Å². The largest absolute Gasteiger partial charge is 0.368 e. The molecule has 0 aliphatic carbocycles. The van der Waals surface area contributed by atoms with Gasteiger partial charge in [0, 0.05) is 13.1 Å². The predicted molar refractivity (Wildman–Crippen MR) is 76.3 cm³/mol. The molecule has 3 nitrogen and oxygen atoms in total. The van der Waals surface area contributed by atoms with Gasteiger partial charge in [-0.1, -0.05) is 37.3 Å². The molecule has 104 valence electrons. The summed E-state index contributed by atoms with van der Waals surface area (Å²) in [5.41, 5.74) is 0.628. The van der Waals surface area contributed by atoms with Crippen LogP contribution in [-0.2, 0) is 14.9 Å². The molecular weight excluding hydrogens is 238 g/mol. The van der Waals surface area contributed by atoms with Crippen LogP contribution in [0.1, 0.15) is 25.8 Å². The zero-order valence-corrected chi connectivity index (χ0v) is 12.1. The van der Waals surface area contributed by atoms with Gasteiger partial charge in [0.15, 0.2) is 5.78 Å². The highest BCUT2D eigenvalue weighted by Gasteiger charge is 2.39. The van der Waals surface area contributed by atoms with E-state index in [2.05, 4.69) is 11.8 Å². The van der Waals surface area contributed by atoms with E-state index in [4.69, 9.17) is 4.74 Å². The summed E-state index contributed by atoms with van der Waals surface area (Å²) in [7, 11) is 2.04. The van der Waals surface area contributed by atoms with Gasteiger partial charge in [-0.05, 0) is 26.0 Å². The molecule has 2 unspecified atom stereocenters. The summed E-state index contributed by atoms with van der Waals surface area (Å²) in [6.07, 6.45) is 0.489. The average Bonchev–Trinajstić information content (AvgIpc) is 2.46. The van der Waals surface area contributed by atoms with Crippen molar-refractivity contribution in [2.45, 2.75) is 31.8 Å². The molecule has 1 aromatic carbocycles. The molecule has 19 heavy (non-hydrogen) atoms. The van der Waals surface area contributed by atoms with Gasteiger partial charge in [0.2, 0.25) is 0 Å². The molecule has 1 aliphatic heterocycles. The molecule has 0 radical (unpaired) electrons. The van der Waals surface area contributed by atoms with E-state index in [-0.39, 0.29) is 11.9 Å². The number of carbonyl (C=O) groups excluding carboxylic acids is 1. The Morgan fingerprint density at radius 1 is 1.42 bits per heavy atom. The molecule has 1 aromatic rings. The van der Waals surface area contributed by atoms with Crippen LogP contribution in [0.25, 0.3) is 0 Å². The third-order valence-corrected chi connectivity index (χ3v) is 4.22. The Labute approximate surface area is 115 Å². The average molecular weight is 261 g/mol. The van der Waals surface area contributed by atoms with Crippen LogP contribution in [0.5, 0.6) is 0 Å². The Balaban J connectivity index is 2.23. The Kier molecular flexibility index (Phi) is 4.38. The molecule has 1 heterocycles. The summed E-state index contributed by atoms with van der Waals surface area (Å²) in [6.45, 7) is 6.33. The van der Waals surface area contributed by atoms with E-state index in [0.29, 0.717) is 13.2 Å². The molecule has 0 bridgehead atoms. The minimum atomic E-state index is -0.454. The van der Waals surface area contributed by atoms with E-state index in [1.54, 1.807) is 0 Å². The van der Waals surface area contributed by atoms with Crippen LogP contribution in [0.4, 0.5) is 0 Å².